The van der Waals surface area contributed by atoms with E-state index in [0.717, 1.165) is 208 Å². The number of likely N-dealkylation sites (N-methyl/N-ethyl adjacent to an activating group) is 5. The molecule has 3 aliphatic rings. The number of hydrogen-bond donors (Lipinski definition) is 10. The number of H-pyrrole nitrogens is 5. The van der Waals surface area contributed by atoms with Crippen molar-refractivity contribution in [2.75, 3.05) is 169 Å². The number of carbonyl (C=O) groups is 1. The highest BCUT2D eigenvalue weighted by molar-refractivity contribution is 5.98. The van der Waals surface area contributed by atoms with Gasteiger partial charge in [-0.2, -0.15) is 25.5 Å². The largest absolute Gasteiger partial charge is 0.494 e. The number of nitrogens with two attached hydrogens (primary N) is 3. The van der Waals surface area contributed by atoms with E-state index in [0.29, 0.717) is 64.9 Å². The zero-order chi connectivity index (χ0) is 82.3. The van der Waals surface area contributed by atoms with Crippen molar-refractivity contribution in [2.24, 2.45) is 23.1 Å². The smallest absolute Gasteiger partial charge is 0.265 e. The van der Waals surface area contributed by atoms with Crippen LogP contribution in [-0.4, -0.2) is 246 Å². The molecule has 115 heavy (non-hydrogen) atoms. The molecule has 29 heteroatoms. The van der Waals surface area contributed by atoms with E-state index in [9.17, 15) is 4.79 Å². The van der Waals surface area contributed by atoms with Gasteiger partial charge in [0.25, 0.3) is 5.91 Å². The van der Waals surface area contributed by atoms with Crippen molar-refractivity contribution >= 4 is 23.0 Å². The summed E-state index contributed by atoms with van der Waals surface area (Å²) in [5.41, 5.74) is 37.9. The SMILES string of the molecule is C=C1COc2cc(-c3[nH]ncc3CN(C)CCN)ccc2N1C.C=C1COc2ccc(-c3[nH]ncc3CN(C)CCN)cc2N1C.CC(C)CN1C(=O)COc2cc(-c3[nH]ncc3CN(C)CCN)ccc21.CCCN(C)Cc1cn[nH]c1-c1ccc(OCCCO)cc1.CCCN(C)Cc1cn[nH]c1-c1ccc(OCCO)cc1. The minimum atomic E-state index is 0.00425. The molecule has 0 bridgehead atoms. The lowest BCUT2D eigenvalue weighted by Gasteiger charge is -2.31. The standard InChI is InChI=1S/C19H27N5O2.2C17H23N5O.C17H25N3O2.C16H23N3O2/c1-13(2)10-24-16-5-4-14(8-17(16)26-12-18(24)25)19-15(9-21-22-19)11-23(3)7-6-20;1-12-11-23-16-5-4-13(8-15(16)22(12)3)17-14(9-19-20-17)10-21(2)7-6-18;1-12-11-23-16-8-13(4-5-15(16)22(12)3)17-14(9-19-20-17)10-21(2)7-6-18;1-3-9-20(2)13-15-12-18-19-17(15)14-5-7-16(8-6-14)22-11-4-10-21;1-3-8-19(2)12-14-11-17-18-16(14)13-4-6-15(7-5-13)21-10-9-20/h4-5,8-9,13H,6-7,10-12,20H2,1-3H3,(H,21,22);2*4-5,8-9H,1,6-7,10-11,18H2,2-3H3,(H,19,20);5-8,12,21H,3-4,9-11,13H2,1-2H3,(H,18,19);4-7,11,20H,3,8-10,12H2,1-2H3,(H,17,18). The van der Waals surface area contributed by atoms with Crippen LogP contribution in [0.1, 0.15) is 74.8 Å². The average Bonchev–Trinajstić information content (AvgIpc) is 1.38. The Labute approximate surface area is 677 Å². The number of hydrogen-bond acceptors (Lipinski definition) is 23. The van der Waals surface area contributed by atoms with Crippen LogP contribution in [0.3, 0.4) is 0 Å². The highest BCUT2D eigenvalue weighted by atomic mass is 16.5. The van der Waals surface area contributed by atoms with Gasteiger partial charge in [0.2, 0.25) is 0 Å². The van der Waals surface area contributed by atoms with E-state index in [1.54, 1.807) is 0 Å². The van der Waals surface area contributed by atoms with Crippen LogP contribution < -0.4 is 55.6 Å². The number of ether oxygens (including phenoxy) is 5. The fourth-order valence-electron chi connectivity index (χ4n) is 13.4. The monoisotopic (exact) mass is 1580 g/mol. The Balaban J connectivity index is 0.000000165. The van der Waals surface area contributed by atoms with Gasteiger partial charge in [0, 0.05) is 173 Å². The Morgan fingerprint density at radius 3 is 1.20 bits per heavy atom. The van der Waals surface area contributed by atoms with E-state index in [1.807, 2.05) is 130 Å². The molecule has 0 unspecified atom stereocenters. The first-order valence-corrected chi connectivity index (χ1v) is 39.4. The summed E-state index contributed by atoms with van der Waals surface area (Å²) in [7, 11) is 14.4. The minimum absolute atomic E-state index is 0.00425. The van der Waals surface area contributed by atoms with Gasteiger partial charge in [-0.05, 0) is 158 Å². The van der Waals surface area contributed by atoms with Crippen LogP contribution >= 0.6 is 0 Å². The molecular weight excluding hydrogens is 1460 g/mol. The number of aliphatic hydroxyl groups excluding tert-OH is 2. The molecule has 0 aliphatic carbocycles. The van der Waals surface area contributed by atoms with Crippen LogP contribution in [0.5, 0.6) is 28.7 Å². The Morgan fingerprint density at radius 1 is 0.452 bits per heavy atom. The molecule has 618 valence electrons. The second-order valence-electron chi connectivity index (χ2n) is 29.5. The van der Waals surface area contributed by atoms with Crippen LogP contribution in [0.25, 0.3) is 56.3 Å². The summed E-state index contributed by atoms with van der Waals surface area (Å²) < 4.78 is 28.1. The Hall–Kier alpha value is -10.7. The minimum Gasteiger partial charge on any atom is -0.494 e. The molecular formula is C86H121N21O8. The van der Waals surface area contributed by atoms with Gasteiger partial charge in [-0.25, -0.2) is 0 Å². The molecule has 0 atom stereocenters. The van der Waals surface area contributed by atoms with Gasteiger partial charge in [0.15, 0.2) is 6.61 Å². The van der Waals surface area contributed by atoms with Crippen molar-refractivity contribution in [1.82, 2.24) is 75.5 Å². The molecule has 8 heterocycles. The number of anilines is 3. The number of nitrogens with one attached hydrogen (secondary N) is 5. The van der Waals surface area contributed by atoms with E-state index >= 15 is 0 Å². The van der Waals surface area contributed by atoms with Crippen molar-refractivity contribution in [1.29, 1.82) is 0 Å². The number of nitrogens with zero attached hydrogens (tertiary/aromatic N) is 13. The Morgan fingerprint density at radius 2 is 0.800 bits per heavy atom. The number of fused-ring (bicyclic) bond motifs is 3. The molecule has 0 saturated carbocycles. The number of aromatic amines is 5. The predicted molar refractivity (Wildman–Crippen MR) is 458 cm³/mol. The first kappa shape index (κ1) is 88.3. The number of aromatic nitrogens is 10. The van der Waals surface area contributed by atoms with Gasteiger partial charge >= 0.3 is 0 Å². The third-order valence-electron chi connectivity index (χ3n) is 19.4. The predicted octanol–water partition coefficient (Wildman–Crippen LogP) is 10.4. The highest BCUT2D eigenvalue weighted by Crippen LogP contribution is 2.41. The molecule has 0 saturated heterocycles. The summed E-state index contributed by atoms with van der Waals surface area (Å²) in [6.07, 6.45) is 12.3. The summed E-state index contributed by atoms with van der Waals surface area (Å²) >= 11 is 0. The molecule has 0 spiro atoms. The van der Waals surface area contributed by atoms with Crippen LogP contribution in [0.2, 0.25) is 0 Å². The molecule has 5 aromatic carbocycles. The molecule has 10 aromatic rings. The van der Waals surface area contributed by atoms with Gasteiger partial charge in [0.1, 0.15) is 48.6 Å². The van der Waals surface area contributed by atoms with Gasteiger partial charge < -0.3 is 90.3 Å². The van der Waals surface area contributed by atoms with Crippen LogP contribution in [0, 0.1) is 5.92 Å². The summed E-state index contributed by atoms with van der Waals surface area (Å²) in [6, 6.07) is 34.1. The summed E-state index contributed by atoms with van der Waals surface area (Å²) in [4.78, 5) is 29.3. The second kappa shape index (κ2) is 44.8. The van der Waals surface area contributed by atoms with E-state index in [2.05, 4.69) is 185 Å². The van der Waals surface area contributed by atoms with Gasteiger partial charge in [0.05, 0.1) is 89.7 Å². The summed E-state index contributed by atoms with van der Waals surface area (Å²) in [5.74, 6) is 4.46. The number of carbonyl (C=O) groups excluding carboxylic acids is 1. The third-order valence-corrected chi connectivity index (χ3v) is 19.4. The summed E-state index contributed by atoms with van der Waals surface area (Å²) in [6.45, 7) is 30.1. The van der Waals surface area contributed by atoms with Crippen molar-refractivity contribution in [3.63, 3.8) is 0 Å². The van der Waals surface area contributed by atoms with E-state index < -0.39 is 0 Å². The van der Waals surface area contributed by atoms with Crippen LogP contribution in [-0.2, 0) is 37.5 Å². The quantitative estimate of drug-likeness (QED) is 0.0168. The number of rotatable bonds is 34. The maximum absolute atomic E-state index is 12.2. The van der Waals surface area contributed by atoms with Crippen molar-refractivity contribution in [2.45, 2.75) is 79.7 Å². The Kier molecular flexibility index (Phi) is 34.4. The maximum atomic E-state index is 12.2. The Bertz CT molecular complexity index is 4610. The molecule has 0 radical (unpaired) electrons. The lowest BCUT2D eigenvalue weighted by molar-refractivity contribution is -0.121. The fraction of sp³-hybridized carbons (Fsp3) is 0.419. The van der Waals surface area contributed by atoms with Gasteiger partial charge in [-0.3, -0.25) is 30.3 Å². The average molecular weight is 1580 g/mol. The maximum Gasteiger partial charge on any atom is 0.265 e. The lowest BCUT2D eigenvalue weighted by Crippen LogP contribution is -2.40. The normalized spacial score (nSPS) is 13.0. The third kappa shape index (κ3) is 25.2. The van der Waals surface area contributed by atoms with Crippen molar-refractivity contribution < 1.29 is 38.7 Å². The van der Waals surface area contributed by atoms with Gasteiger partial charge in [-0.15, -0.1) is 0 Å². The van der Waals surface area contributed by atoms with E-state index in [1.165, 1.54) is 11.1 Å². The zero-order valence-corrected chi connectivity index (χ0v) is 69.1. The molecule has 13 N–H and O–H groups in total. The summed E-state index contributed by atoms with van der Waals surface area (Å²) in [5, 5.41) is 53.9. The molecule has 3 aliphatic heterocycles. The van der Waals surface area contributed by atoms with Crippen LogP contribution in [0.15, 0.2) is 159 Å². The number of benzene rings is 5. The molecule has 5 aromatic heterocycles. The first-order valence-electron chi connectivity index (χ1n) is 39.4. The fourth-order valence-corrected chi connectivity index (χ4v) is 13.4. The number of aliphatic hydroxyl groups is 2. The first-order chi connectivity index (χ1) is 55.7. The van der Waals surface area contributed by atoms with Crippen LogP contribution in [0.4, 0.5) is 17.1 Å². The second-order valence-corrected chi connectivity index (χ2v) is 29.5. The van der Waals surface area contributed by atoms with E-state index in [4.69, 9.17) is 51.1 Å². The zero-order valence-electron chi connectivity index (χ0n) is 69.1. The lowest BCUT2D eigenvalue weighted by atomic mass is 10.0. The highest BCUT2D eigenvalue weighted by Gasteiger charge is 2.28. The molecule has 13 rings (SSSR count). The number of amides is 1. The van der Waals surface area contributed by atoms with Crippen molar-refractivity contribution in [3.05, 3.63) is 186 Å². The molecule has 29 nitrogen and oxygen atoms in total. The molecule has 1 amide bonds. The topological polar surface area (TPSA) is 351 Å². The van der Waals surface area contributed by atoms with Crippen molar-refractivity contribution in [3.8, 4) is 85.0 Å². The van der Waals surface area contributed by atoms with E-state index in [-0.39, 0.29) is 25.7 Å². The molecule has 0 fully saturated rings. The van der Waals surface area contributed by atoms with Gasteiger partial charge in [-0.1, -0.05) is 53.0 Å².